The van der Waals surface area contributed by atoms with Crippen LogP contribution >= 0.6 is 0 Å². The number of rotatable bonds is 3. The van der Waals surface area contributed by atoms with Crippen LogP contribution in [0.5, 0.6) is 0 Å². The quantitative estimate of drug-likeness (QED) is 0.923. The molecule has 0 atom stereocenters. The first-order chi connectivity index (χ1) is 11.1. The maximum atomic E-state index is 13.7. The van der Waals surface area contributed by atoms with E-state index in [-0.39, 0.29) is 5.82 Å². The van der Waals surface area contributed by atoms with Crippen LogP contribution in [0.15, 0.2) is 54.1 Å². The van der Waals surface area contributed by atoms with Crippen LogP contribution in [0, 0.1) is 5.82 Å². The van der Waals surface area contributed by atoms with Gasteiger partial charge in [-0.1, -0.05) is 29.8 Å². The zero-order chi connectivity index (χ0) is 16.2. The summed E-state index contributed by atoms with van der Waals surface area (Å²) >= 11 is 0. The molecule has 0 aromatic heterocycles. The van der Waals surface area contributed by atoms with E-state index in [9.17, 15) is 9.18 Å². The van der Waals surface area contributed by atoms with Crippen molar-refractivity contribution in [2.45, 2.75) is 12.8 Å². The number of halogens is 1. The summed E-state index contributed by atoms with van der Waals surface area (Å²) in [5, 5.41) is 8.93. The van der Waals surface area contributed by atoms with Crippen molar-refractivity contribution in [1.29, 1.82) is 0 Å². The van der Waals surface area contributed by atoms with Crippen molar-refractivity contribution in [2.24, 2.45) is 0 Å². The van der Waals surface area contributed by atoms with Gasteiger partial charge < -0.3 is 10.0 Å². The third-order valence-corrected chi connectivity index (χ3v) is 4.15. The first-order valence-electron chi connectivity index (χ1n) is 7.66. The fraction of sp³-hybridized carbons (Fsp3) is 0.211. The molecule has 0 radical (unpaired) electrons. The van der Waals surface area contributed by atoms with Gasteiger partial charge in [-0.25, -0.2) is 9.18 Å². The fourth-order valence-corrected chi connectivity index (χ4v) is 2.82. The Hall–Kier alpha value is -2.62. The van der Waals surface area contributed by atoms with Crippen molar-refractivity contribution in [3.05, 3.63) is 71.0 Å². The molecule has 0 aliphatic carbocycles. The minimum absolute atomic E-state index is 0.188. The standard InChI is InChI=1S/C19H18FNO2/c20-18-4-2-1-3-16(18)13-14-9-11-21(12-10-14)17-7-5-15(6-8-17)19(22)23/h1-8,13H,9-12H2,(H,22,23). The number of anilines is 1. The molecule has 1 N–H and O–H groups in total. The summed E-state index contributed by atoms with van der Waals surface area (Å²) in [6.07, 6.45) is 3.71. The third kappa shape index (κ3) is 3.59. The van der Waals surface area contributed by atoms with Crippen molar-refractivity contribution in [3.8, 4) is 0 Å². The van der Waals surface area contributed by atoms with Gasteiger partial charge in [0.1, 0.15) is 5.82 Å². The highest BCUT2D eigenvalue weighted by Crippen LogP contribution is 2.25. The van der Waals surface area contributed by atoms with Gasteiger partial charge in [-0.15, -0.1) is 0 Å². The lowest BCUT2D eigenvalue weighted by Crippen LogP contribution is -2.30. The molecule has 3 nitrogen and oxygen atoms in total. The number of hydrogen-bond donors (Lipinski definition) is 1. The average Bonchev–Trinajstić information content (AvgIpc) is 2.58. The minimum Gasteiger partial charge on any atom is -0.478 e. The van der Waals surface area contributed by atoms with E-state index in [2.05, 4.69) is 4.90 Å². The van der Waals surface area contributed by atoms with E-state index in [0.29, 0.717) is 11.1 Å². The monoisotopic (exact) mass is 311 g/mol. The van der Waals surface area contributed by atoms with Crippen molar-refractivity contribution in [3.63, 3.8) is 0 Å². The SMILES string of the molecule is O=C(O)c1ccc(N2CCC(=Cc3ccccc3F)CC2)cc1. The van der Waals surface area contributed by atoms with Crippen LogP contribution in [0.3, 0.4) is 0 Å². The minimum atomic E-state index is -0.912. The molecule has 23 heavy (non-hydrogen) atoms. The van der Waals surface area contributed by atoms with Crippen molar-refractivity contribution < 1.29 is 14.3 Å². The summed E-state index contributed by atoms with van der Waals surface area (Å²) in [6, 6.07) is 13.7. The molecule has 0 amide bonds. The first kappa shape index (κ1) is 15.3. The second-order valence-corrected chi connectivity index (χ2v) is 5.66. The van der Waals surface area contributed by atoms with Gasteiger partial charge in [-0.2, -0.15) is 0 Å². The summed E-state index contributed by atoms with van der Waals surface area (Å²) in [5.41, 5.74) is 3.21. The van der Waals surface area contributed by atoms with Gasteiger partial charge in [0, 0.05) is 24.3 Å². The van der Waals surface area contributed by atoms with Gasteiger partial charge >= 0.3 is 5.97 Å². The van der Waals surface area contributed by atoms with E-state index in [1.165, 1.54) is 11.6 Å². The Bertz CT molecular complexity index is 727. The molecule has 0 bridgehead atoms. The van der Waals surface area contributed by atoms with Gasteiger partial charge in [-0.05, 0) is 43.2 Å². The average molecular weight is 311 g/mol. The van der Waals surface area contributed by atoms with Crippen LogP contribution in [0.2, 0.25) is 0 Å². The van der Waals surface area contributed by atoms with Crippen LogP contribution in [0.25, 0.3) is 6.08 Å². The van der Waals surface area contributed by atoms with Crippen molar-refractivity contribution >= 4 is 17.7 Å². The molecular formula is C19H18FNO2. The summed E-state index contributed by atoms with van der Waals surface area (Å²) in [4.78, 5) is 13.1. The number of carbonyl (C=O) groups is 1. The second kappa shape index (κ2) is 6.65. The molecule has 1 aliphatic heterocycles. The summed E-state index contributed by atoms with van der Waals surface area (Å²) in [7, 11) is 0. The van der Waals surface area contributed by atoms with Crippen LogP contribution in [-0.2, 0) is 0 Å². The summed E-state index contributed by atoms with van der Waals surface area (Å²) < 4.78 is 13.7. The zero-order valence-corrected chi connectivity index (χ0v) is 12.7. The maximum Gasteiger partial charge on any atom is 0.335 e. The van der Waals surface area contributed by atoms with Crippen molar-refractivity contribution in [1.82, 2.24) is 0 Å². The van der Waals surface area contributed by atoms with E-state index in [4.69, 9.17) is 5.11 Å². The predicted octanol–water partition coefficient (Wildman–Crippen LogP) is 4.21. The molecule has 0 unspecified atom stereocenters. The molecule has 0 spiro atoms. The largest absolute Gasteiger partial charge is 0.478 e. The lowest BCUT2D eigenvalue weighted by Gasteiger charge is -2.30. The van der Waals surface area contributed by atoms with E-state index in [1.807, 2.05) is 24.3 Å². The highest BCUT2D eigenvalue weighted by Gasteiger charge is 2.15. The molecule has 2 aromatic rings. The van der Waals surface area contributed by atoms with Gasteiger partial charge in [0.25, 0.3) is 0 Å². The molecule has 1 aliphatic rings. The smallest absolute Gasteiger partial charge is 0.335 e. The molecule has 1 heterocycles. The first-order valence-corrected chi connectivity index (χ1v) is 7.66. The van der Waals surface area contributed by atoms with E-state index in [0.717, 1.165) is 31.6 Å². The number of nitrogens with zero attached hydrogens (tertiary/aromatic N) is 1. The predicted molar refractivity (Wildman–Crippen MR) is 89.2 cm³/mol. The van der Waals surface area contributed by atoms with E-state index in [1.54, 1.807) is 24.3 Å². The normalized spacial score (nSPS) is 14.7. The molecule has 118 valence electrons. The van der Waals surface area contributed by atoms with Crippen molar-refractivity contribution in [2.75, 3.05) is 18.0 Å². The topological polar surface area (TPSA) is 40.5 Å². The third-order valence-electron chi connectivity index (χ3n) is 4.15. The lowest BCUT2D eigenvalue weighted by molar-refractivity contribution is 0.0697. The summed E-state index contributed by atoms with van der Waals surface area (Å²) in [5.74, 6) is -1.10. The molecule has 1 saturated heterocycles. The Morgan fingerprint density at radius 1 is 1.04 bits per heavy atom. The van der Waals surface area contributed by atoms with Crippen LogP contribution in [0.1, 0.15) is 28.8 Å². The Balaban J connectivity index is 1.66. The van der Waals surface area contributed by atoms with Gasteiger partial charge in [0.05, 0.1) is 5.56 Å². The Morgan fingerprint density at radius 3 is 2.30 bits per heavy atom. The highest BCUT2D eigenvalue weighted by atomic mass is 19.1. The Labute approximate surface area is 134 Å². The number of aromatic carboxylic acids is 1. The molecule has 1 fully saturated rings. The number of carboxylic acid groups (broad SMARTS) is 1. The van der Waals surface area contributed by atoms with E-state index >= 15 is 0 Å². The van der Waals surface area contributed by atoms with Crippen LogP contribution in [-0.4, -0.2) is 24.2 Å². The number of benzene rings is 2. The Kier molecular flexibility index (Phi) is 4.42. The molecular weight excluding hydrogens is 293 g/mol. The van der Waals surface area contributed by atoms with E-state index < -0.39 is 5.97 Å². The van der Waals surface area contributed by atoms with Crippen LogP contribution < -0.4 is 4.90 Å². The maximum absolute atomic E-state index is 13.7. The molecule has 4 heteroatoms. The Morgan fingerprint density at radius 2 is 1.70 bits per heavy atom. The summed E-state index contributed by atoms with van der Waals surface area (Å²) in [6.45, 7) is 1.71. The molecule has 3 rings (SSSR count). The number of carboxylic acids is 1. The van der Waals surface area contributed by atoms with Gasteiger partial charge in [-0.3, -0.25) is 0 Å². The number of piperidine rings is 1. The van der Waals surface area contributed by atoms with Crippen LogP contribution in [0.4, 0.5) is 10.1 Å². The second-order valence-electron chi connectivity index (χ2n) is 5.66. The van der Waals surface area contributed by atoms with Gasteiger partial charge in [0.15, 0.2) is 0 Å². The molecule has 2 aromatic carbocycles. The zero-order valence-electron chi connectivity index (χ0n) is 12.7. The number of hydrogen-bond acceptors (Lipinski definition) is 2. The fourth-order valence-electron chi connectivity index (χ4n) is 2.82. The lowest BCUT2D eigenvalue weighted by atomic mass is 10.00. The molecule has 0 saturated carbocycles. The highest BCUT2D eigenvalue weighted by molar-refractivity contribution is 5.88. The van der Waals surface area contributed by atoms with Gasteiger partial charge in [0.2, 0.25) is 0 Å².